The number of para-hydroxylation sites is 1. The molecule has 0 aromatic heterocycles. The number of hydrogen-bond acceptors (Lipinski definition) is 2. The molecule has 0 spiro atoms. The minimum absolute atomic E-state index is 0.0215. The highest BCUT2D eigenvalue weighted by Crippen LogP contribution is 2.38. The summed E-state index contributed by atoms with van der Waals surface area (Å²) in [6.07, 6.45) is 0.880. The molecular formula is C28H35NO. The van der Waals surface area contributed by atoms with Gasteiger partial charge in [0.05, 0.1) is 0 Å². The first-order valence-corrected chi connectivity index (χ1v) is 10.8. The van der Waals surface area contributed by atoms with Crippen molar-refractivity contribution in [3.63, 3.8) is 0 Å². The number of phenols is 1. The number of anilines is 1. The lowest BCUT2D eigenvalue weighted by Gasteiger charge is -2.28. The fraction of sp³-hybridized carbons (Fsp3) is 0.357. The maximum atomic E-state index is 11.1. The smallest absolute Gasteiger partial charge is 0.124 e. The minimum Gasteiger partial charge on any atom is -0.507 e. The number of rotatable bonds is 5. The van der Waals surface area contributed by atoms with Gasteiger partial charge in [-0.25, -0.2) is 0 Å². The van der Waals surface area contributed by atoms with Gasteiger partial charge in [-0.3, -0.25) is 0 Å². The molecule has 158 valence electrons. The molecule has 0 radical (unpaired) electrons. The van der Waals surface area contributed by atoms with Crippen molar-refractivity contribution < 1.29 is 5.11 Å². The number of aromatic hydroxyl groups is 1. The molecule has 0 atom stereocenters. The summed E-state index contributed by atoms with van der Waals surface area (Å²) in [5, 5.41) is 14.6. The first-order valence-electron chi connectivity index (χ1n) is 10.8. The SMILES string of the molecule is CC(C)(C)c1cc(CNc2ccccc2Cc2ccccc2)c(O)c(C(C)(C)C)c1. The molecule has 0 aliphatic rings. The highest BCUT2D eigenvalue weighted by molar-refractivity contribution is 5.55. The van der Waals surface area contributed by atoms with E-state index in [4.69, 9.17) is 0 Å². The summed E-state index contributed by atoms with van der Waals surface area (Å²) < 4.78 is 0. The van der Waals surface area contributed by atoms with Gasteiger partial charge in [-0.2, -0.15) is 0 Å². The van der Waals surface area contributed by atoms with Crippen molar-refractivity contribution in [1.82, 2.24) is 0 Å². The lowest BCUT2D eigenvalue weighted by molar-refractivity contribution is 0.439. The van der Waals surface area contributed by atoms with E-state index in [1.54, 1.807) is 0 Å². The molecule has 0 aliphatic heterocycles. The van der Waals surface area contributed by atoms with Gasteiger partial charge < -0.3 is 10.4 Å². The van der Waals surface area contributed by atoms with E-state index in [-0.39, 0.29) is 10.8 Å². The molecule has 0 unspecified atom stereocenters. The summed E-state index contributed by atoms with van der Waals surface area (Å²) in [6, 6.07) is 23.3. The van der Waals surface area contributed by atoms with Gasteiger partial charge in [0.15, 0.2) is 0 Å². The normalized spacial score (nSPS) is 12.1. The largest absolute Gasteiger partial charge is 0.507 e. The summed E-state index contributed by atoms with van der Waals surface area (Å²) >= 11 is 0. The van der Waals surface area contributed by atoms with Crippen molar-refractivity contribution in [3.05, 3.63) is 94.5 Å². The maximum Gasteiger partial charge on any atom is 0.124 e. The van der Waals surface area contributed by atoms with Gasteiger partial charge in [0.1, 0.15) is 5.75 Å². The van der Waals surface area contributed by atoms with Crippen LogP contribution in [0.2, 0.25) is 0 Å². The Labute approximate surface area is 182 Å². The Balaban J connectivity index is 1.91. The second-order valence-corrected chi connectivity index (χ2v) is 10.2. The molecule has 3 aromatic rings. The van der Waals surface area contributed by atoms with E-state index in [9.17, 15) is 5.11 Å². The fourth-order valence-electron chi connectivity index (χ4n) is 3.69. The molecule has 0 aliphatic carbocycles. The molecule has 0 heterocycles. The summed E-state index contributed by atoms with van der Waals surface area (Å²) in [5.41, 5.74) is 6.76. The van der Waals surface area contributed by atoms with Crippen LogP contribution >= 0.6 is 0 Å². The number of benzene rings is 3. The molecule has 0 saturated carbocycles. The quantitative estimate of drug-likeness (QED) is 0.474. The van der Waals surface area contributed by atoms with Crippen molar-refractivity contribution in [2.45, 2.75) is 65.3 Å². The van der Waals surface area contributed by atoms with E-state index < -0.39 is 0 Å². The Morgan fingerprint density at radius 3 is 2.00 bits per heavy atom. The van der Waals surface area contributed by atoms with Gasteiger partial charge in [0.25, 0.3) is 0 Å². The fourth-order valence-corrected chi connectivity index (χ4v) is 3.69. The predicted octanol–water partition coefficient (Wildman–Crippen LogP) is 7.19. The van der Waals surface area contributed by atoms with E-state index in [2.05, 4.69) is 108 Å². The van der Waals surface area contributed by atoms with Gasteiger partial charge in [0, 0.05) is 17.8 Å². The van der Waals surface area contributed by atoms with Crippen LogP contribution in [-0.4, -0.2) is 5.11 Å². The summed E-state index contributed by atoms with van der Waals surface area (Å²) in [6.45, 7) is 13.7. The first kappa shape index (κ1) is 22.0. The van der Waals surface area contributed by atoms with Crippen LogP contribution in [0.15, 0.2) is 66.7 Å². The first-order chi connectivity index (χ1) is 14.1. The Morgan fingerprint density at radius 2 is 1.37 bits per heavy atom. The second kappa shape index (κ2) is 8.55. The van der Waals surface area contributed by atoms with Gasteiger partial charge >= 0.3 is 0 Å². The Bertz CT molecular complexity index is 991. The van der Waals surface area contributed by atoms with E-state index in [1.165, 1.54) is 16.7 Å². The molecular weight excluding hydrogens is 366 g/mol. The van der Waals surface area contributed by atoms with Crippen molar-refractivity contribution >= 4 is 5.69 Å². The average Bonchev–Trinajstić information content (AvgIpc) is 2.67. The van der Waals surface area contributed by atoms with Gasteiger partial charge in [-0.05, 0) is 51.6 Å². The zero-order valence-corrected chi connectivity index (χ0v) is 19.2. The topological polar surface area (TPSA) is 32.3 Å². The van der Waals surface area contributed by atoms with E-state index >= 15 is 0 Å². The lowest BCUT2D eigenvalue weighted by Crippen LogP contribution is -2.18. The van der Waals surface area contributed by atoms with Gasteiger partial charge in [-0.1, -0.05) is 96.1 Å². The van der Waals surface area contributed by atoms with E-state index in [1.807, 2.05) is 6.07 Å². The van der Waals surface area contributed by atoms with Crippen LogP contribution in [0.1, 0.15) is 69.4 Å². The highest BCUT2D eigenvalue weighted by Gasteiger charge is 2.24. The minimum atomic E-state index is -0.120. The number of phenolic OH excluding ortho intramolecular Hbond substituents is 1. The van der Waals surface area contributed by atoms with Crippen molar-refractivity contribution in [2.24, 2.45) is 0 Å². The van der Waals surface area contributed by atoms with Crippen LogP contribution in [-0.2, 0) is 23.8 Å². The summed E-state index contributed by atoms with van der Waals surface area (Å²) in [4.78, 5) is 0. The molecule has 2 heteroatoms. The van der Waals surface area contributed by atoms with Crippen molar-refractivity contribution in [1.29, 1.82) is 0 Å². The third kappa shape index (κ3) is 5.24. The van der Waals surface area contributed by atoms with Crippen molar-refractivity contribution in [3.8, 4) is 5.75 Å². The molecule has 30 heavy (non-hydrogen) atoms. The zero-order valence-electron chi connectivity index (χ0n) is 19.2. The highest BCUT2D eigenvalue weighted by atomic mass is 16.3. The molecule has 2 N–H and O–H groups in total. The second-order valence-electron chi connectivity index (χ2n) is 10.2. The summed E-state index contributed by atoms with van der Waals surface area (Å²) in [7, 11) is 0. The maximum absolute atomic E-state index is 11.1. The Hall–Kier alpha value is -2.74. The molecule has 0 amide bonds. The van der Waals surface area contributed by atoms with Gasteiger partial charge in [0.2, 0.25) is 0 Å². The van der Waals surface area contributed by atoms with E-state index in [0.717, 1.165) is 23.2 Å². The van der Waals surface area contributed by atoms with Gasteiger partial charge in [-0.15, -0.1) is 0 Å². The van der Waals surface area contributed by atoms with Crippen molar-refractivity contribution in [2.75, 3.05) is 5.32 Å². The van der Waals surface area contributed by atoms with Crippen LogP contribution in [0.5, 0.6) is 5.75 Å². The van der Waals surface area contributed by atoms with Crippen LogP contribution in [0, 0.1) is 0 Å². The van der Waals surface area contributed by atoms with Crippen LogP contribution < -0.4 is 5.32 Å². The Morgan fingerprint density at radius 1 is 0.733 bits per heavy atom. The monoisotopic (exact) mass is 401 g/mol. The molecule has 3 aromatic carbocycles. The third-order valence-corrected chi connectivity index (χ3v) is 5.59. The predicted molar refractivity (Wildman–Crippen MR) is 129 cm³/mol. The summed E-state index contributed by atoms with van der Waals surface area (Å²) in [5.74, 6) is 0.406. The molecule has 0 saturated heterocycles. The molecule has 3 rings (SSSR count). The number of hydrogen-bond donors (Lipinski definition) is 2. The molecule has 0 fully saturated rings. The van der Waals surface area contributed by atoms with Crippen LogP contribution in [0.3, 0.4) is 0 Å². The molecule has 2 nitrogen and oxygen atoms in total. The molecule has 0 bridgehead atoms. The third-order valence-electron chi connectivity index (χ3n) is 5.59. The Kier molecular flexibility index (Phi) is 6.26. The zero-order chi connectivity index (χ0) is 21.9. The van der Waals surface area contributed by atoms with Crippen LogP contribution in [0.25, 0.3) is 0 Å². The number of nitrogens with one attached hydrogen (secondary N) is 1. The van der Waals surface area contributed by atoms with Crippen LogP contribution in [0.4, 0.5) is 5.69 Å². The van der Waals surface area contributed by atoms with E-state index in [0.29, 0.717) is 12.3 Å². The average molecular weight is 402 g/mol. The lowest BCUT2D eigenvalue weighted by atomic mass is 9.79. The standard InChI is InChI=1S/C28H35NO/c1-27(2,3)23-17-22(26(30)24(18-23)28(4,5)6)19-29-25-15-11-10-14-21(25)16-20-12-8-7-9-13-20/h7-15,17-18,29-30H,16,19H2,1-6H3.